The number of amides is 1. The van der Waals surface area contributed by atoms with Crippen molar-refractivity contribution in [3.63, 3.8) is 0 Å². The lowest BCUT2D eigenvalue weighted by atomic mass is 10.2. The number of ether oxygens (including phenoxy) is 1. The second-order valence-electron chi connectivity index (χ2n) is 6.03. The average Bonchev–Trinajstić information content (AvgIpc) is 3.40. The molecule has 2 N–H and O–H groups in total. The summed E-state index contributed by atoms with van der Waals surface area (Å²) in [6, 6.07) is 18.8. The molecule has 0 saturated heterocycles. The molecule has 4 rings (SSSR count). The minimum Gasteiger partial charge on any atom is -0.457 e. The summed E-state index contributed by atoms with van der Waals surface area (Å²) in [6.45, 7) is 0.334. The Kier molecular flexibility index (Phi) is 5.16. The van der Waals surface area contributed by atoms with E-state index in [0.717, 1.165) is 16.1 Å². The highest BCUT2D eigenvalue weighted by Gasteiger charge is 2.12. The maximum absolute atomic E-state index is 13.0. The van der Waals surface area contributed by atoms with Crippen LogP contribution in [0.1, 0.15) is 16.1 Å². The second-order valence-corrected chi connectivity index (χ2v) is 6.98. The largest absolute Gasteiger partial charge is 0.457 e. The molecule has 0 saturated carbocycles. The number of halogens is 1. The van der Waals surface area contributed by atoms with Crippen LogP contribution in [0, 0.1) is 5.82 Å². The summed E-state index contributed by atoms with van der Waals surface area (Å²) in [5, 5.41) is 11.8. The Labute approximate surface area is 164 Å². The van der Waals surface area contributed by atoms with Crippen LogP contribution < -0.4 is 10.1 Å². The molecular weight excluding hydrogens is 377 g/mol. The van der Waals surface area contributed by atoms with E-state index in [9.17, 15) is 9.18 Å². The van der Waals surface area contributed by atoms with Gasteiger partial charge in [0.15, 0.2) is 5.69 Å². The van der Waals surface area contributed by atoms with E-state index in [2.05, 4.69) is 15.5 Å². The lowest BCUT2D eigenvalue weighted by Crippen LogP contribution is -2.23. The molecule has 0 atom stereocenters. The number of rotatable bonds is 6. The first-order valence-electron chi connectivity index (χ1n) is 8.57. The van der Waals surface area contributed by atoms with Gasteiger partial charge in [0.2, 0.25) is 0 Å². The fraction of sp³-hybridized carbons (Fsp3) is 0.0476. The van der Waals surface area contributed by atoms with Gasteiger partial charge in [-0.05, 0) is 59.5 Å². The van der Waals surface area contributed by atoms with Crippen LogP contribution >= 0.6 is 11.3 Å². The number of carbonyl (C=O) groups excluding carboxylic acids is 1. The zero-order chi connectivity index (χ0) is 19.3. The lowest BCUT2D eigenvalue weighted by molar-refractivity contribution is 0.0946. The molecule has 2 aromatic heterocycles. The summed E-state index contributed by atoms with van der Waals surface area (Å²) in [5.74, 6) is 0.576. The van der Waals surface area contributed by atoms with Gasteiger partial charge in [0.1, 0.15) is 17.3 Å². The number of H-pyrrole nitrogens is 1. The monoisotopic (exact) mass is 393 g/mol. The van der Waals surface area contributed by atoms with E-state index in [1.807, 2.05) is 35.7 Å². The highest BCUT2D eigenvalue weighted by atomic mass is 32.1. The third-order valence-corrected chi connectivity index (χ3v) is 4.90. The van der Waals surface area contributed by atoms with Gasteiger partial charge >= 0.3 is 0 Å². The van der Waals surface area contributed by atoms with Crippen molar-refractivity contribution in [3.8, 4) is 22.1 Å². The van der Waals surface area contributed by atoms with Crippen LogP contribution in [0.3, 0.4) is 0 Å². The molecule has 0 bridgehead atoms. The topological polar surface area (TPSA) is 67.0 Å². The normalized spacial score (nSPS) is 10.6. The molecule has 0 spiro atoms. The number of hydrogen-bond donors (Lipinski definition) is 2. The quantitative estimate of drug-likeness (QED) is 0.484. The summed E-state index contributed by atoms with van der Waals surface area (Å²) in [5.41, 5.74) is 2.03. The minimum atomic E-state index is -0.315. The molecule has 0 aliphatic carbocycles. The van der Waals surface area contributed by atoms with Crippen LogP contribution in [0.25, 0.3) is 10.6 Å². The van der Waals surface area contributed by atoms with E-state index in [1.165, 1.54) is 12.1 Å². The van der Waals surface area contributed by atoms with Crippen molar-refractivity contribution in [2.75, 3.05) is 0 Å². The molecular formula is C21H16FN3O2S. The van der Waals surface area contributed by atoms with Crippen LogP contribution in [-0.4, -0.2) is 16.1 Å². The smallest absolute Gasteiger partial charge is 0.272 e. The van der Waals surface area contributed by atoms with Gasteiger partial charge in [0.25, 0.3) is 5.91 Å². The summed E-state index contributed by atoms with van der Waals surface area (Å²) in [4.78, 5) is 13.4. The Bertz CT molecular complexity index is 1080. The molecule has 0 aliphatic heterocycles. The third-order valence-electron chi connectivity index (χ3n) is 4.00. The Morgan fingerprint density at radius 1 is 1.07 bits per heavy atom. The zero-order valence-electron chi connectivity index (χ0n) is 14.7. The van der Waals surface area contributed by atoms with E-state index in [-0.39, 0.29) is 11.7 Å². The standard InChI is InChI=1S/C21H16FN3O2S/c22-15-6-8-16(9-7-15)27-17-4-1-3-14(11-17)13-23-21(26)19-12-18(24-25-19)20-5-2-10-28-20/h1-12H,13H2,(H,23,26)(H,24,25). The molecule has 4 aromatic rings. The van der Waals surface area contributed by atoms with E-state index in [0.29, 0.717) is 23.7 Å². The van der Waals surface area contributed by atoms with Gasteiger partial charge in [-0.3, -0.25) is 9.89 Å². The summed E-state index contributed by atoms with van der Waals surface area (Å²) < 4.78 is 18.7. The second kappa shape index (κ2) is 8.06. The first kappa shape index (κ1) is 17.9. The Hall–Kier alpha value is -3.45. The van der Waals surface area contributed by atoms with Crippen LogP contribution in [-0.2, 0) is 6.54 Å². The highest BCUT2D eigenvalue weighted by Crippen LogP contribution is 2.24. The predicted octanol–water partition coefficient (Wildman–Crippen LogP) is 5.00. The first-order chi connectivity index (χ1) is 13.7. The average molecular weight is 393 g/mol. The number of hydrogen-bond acceptors (Lipinski definition) is 4. The SMILES string of the molecule is O=C(NCc1cccc(Oc2ccc(F)cc2)c1)c1cc(-c2cccs2)[nH]n1. The number of thiophene rings is 1. The van der Waals surface area contributed by atoms with Crippen molar-refractivity contribution in [1.82, 2.24) is 15.5 Å². The van der Waals surface area contributed by atoms with Crippen LogP contribution in [0.2, 0.25) is 0 Å². The number of aromatic amines is 1. The molecule has 0 fully saturated rings. The molecule has 1 amide bonds. The maximum Gasteiger partial charge on any atom is 0.272 e. The lowest BCUT2D eigenvalue weighted by Gasteiger charge is -2.08. The molecule has 2 aromatic carbocycles. The zero-order valence-corrected chi connectivity index (χ0v) is 15.5. The molecule has 28 heavy (non-hydrogen) atoms. The molecule has 0 aliphatic rings. The van der Waals surface area contributed by atoms with Crippen LogP contribution in [0.15, 0.2) is 72.1 Å². The van der Waals surface area contributed by atoms with Crippen molar-refractivity contribution >= 4 is 17.2 Å². The molecule has 7 heteroatoms. The molecule has 0 radical (unpaired) electrons. The van der Waals surface area contributed by atoms with Crippen LogP contribution in [0.5, 0.6) is 11.5 Å². The van der Waals surface area contributed by atoms with E-state index < -0.39 is 0 Å². The van der Waals surface area contributed by atoms with Crippen molar-refractivity contribution in [2.24, 2.45) is 0 Å². The van der Waals surface area contributed by atoms with Crippen molar-refractivity contribution < 1.29 is 13.9 Å². The summed E-state index contributed by atoms with van der Waals surface area (Å²) >= 11 is 1.58. The van der Waals surface area contributed by atoms with Gasteiger partial charge in [-0.25, -0.2) is 4.39 Å². The van der Waals surface area contributed by atoms with Gasteiger partial charge in [-0.2, -0.15) is 5.10 Å². The van der Waals surface area contributed by atoms with E-state index in [1.54, 1.807) is 35.6 Å². The fourth-order valence-electron chi connectivity index (χ4n) is 2.63. The molecule has 140 valence electrons. The first-order valence-corrected chi connectivity index (χ1v) is 9.45. The van der Waals surface area contributed by atoms with Crippen molar-refractivity contribution in [2.45, 2.75) is 6.54 Å². The third kappa shape index (κ3) is 4.27. The minimum absolute atomic E-state index is 0.260. The van der Waals surface area contributed by atoms with Gasteiger partial charge in [-0.15, -0.1) is 11.3 Å². The number of nitrogens with one attached hydrogen (secondary N) is 2. The molecule has 0 unspecified atom stereocenters. The highest BCUT2D eigenvalue weighted by molar-refractivity contribution is 7.13. The molecule has 5 nitrogen and oxygen atoms in total. The van der Waals surface area contributed by atoms with Gasteiger partial charge in [0, 0.05) is 6.54 Å². The number of carbonyl (C=O) groups is 1. The van der Waals surface area contributed by atoms with Gasteiger partial charge in [0.05, 0.1) is 10.6 Å². The number of benzene rings is 2. The maximum atomic E-state index is 13.0. The van der Waals surface area contributed by atoms with E-state index in [4.69, 9.17) is 4.74 Å². The predicted molar refractivity (Wildman–Crippen MR) is 106 cm³/mol. The Balaban J connectivity index is 1.38. The summed E-state index contributed by atoms with van der Waals surface area (Å²) in [6.07, 6.45) is 0. The Morgan fingerprint density at radius 2 is 1.93 bits per heavy atom. The summed E-state index contributed by atoms with van der Waals surface area (Å²) in [7, 11) is 0. The Morgan fingerprint density at radius 3 is 2.71 bits per heavy atom. The van der Waals surface area contributed by atoms with Gasteiger partial charge < -0.3 is 10.1 Å². The van der Waals surface area contributed by atoms with E-state index >= 15 is 0 Å². The van der Waals surface area contributed by atoms with Crippen LogP contribution in [0.4, 0.5) is 4.39 Å². The van der Waals surface area contributed by atoms with Gasteiger partial charge in [-0.1, -0.05) is 18.2 Å². The number of aromatic nitrogens is 2. The van der Waals surface area contributed by atoms with Crippen molar-refractivity contribution in [1.29, 1.82) is 0 Å². The molecule has 2 heterocycles. The fourth-order valence-corrected chi connectivity index (χ4v) is 3.32. The number of nitrogens with zero attached hydrogens (tertiary/aromatic N) is 1. The van der Waals surface area contributed by atoms with Crippen molar-refractivity contribution in [3.05, 3.63) is 89.2 Å².